The van der Waals surface area contributed by atoms with Crippen LogP contribution in [-0.2, 0) is 5.54 Å². The molecule has 1 atom stereocenters. The first-order valence-corrected chi connectivity index (χ1v) is 5.20. The summed E-state index contributed by atoms with van der Waals surface area (Å²) in [5.74, 6) is 0. The van der Waals surface area contributed by atoms with Gasteiger partial charge in [0.1, 0.15) is 0 Å². The zero-order valence-electron chi connectivity index (χ0n) is 9.19. The van der Waals surface area contributed by atoms with Crippen molar-refractivity contribution >= 4 is 6.09 Å². The minimum Gasteiger partial charge on any atom is -0.465 e. The number of hydrogen-bond donors (Lipinski definition) is 1. The maximum absolute atomic E-state index is 13.4. The number of halogens is 3. The van der Waals surface area contributed by atoms with Crippen LogP contribution in [0.4, 0.5) is 18.0 Å². The van der Waals surface area contributed by atoms with Crippen molar-refractivity contribution in [2.75, 3.05) is 6.54 Å². The van der Waals surface area contributed by atoms with Gasteiger partial charge in [0, 0.05) is 6.54 Å². The van der Waals surface area contributed by atoms with Gasteiger partial charge in [-0.1, -0.05) is 36.4 Å². The minimum absolute atomic E-state index is 0.103. The molecule has 1 amide bonds. The maximum atomic E-state index is 13.4. The van der Waals surface area contributed by atoms with E-state index in [-0.39, 0.29) is 12.1 Å². The van der Waals surface area contributed by atoms with E-state index < -0.39 is 17.8 Å². The Morgan fingerprint density at radius 1 is 1.28 bits per heavy atom. The molecule has 0 fully saturated rings. The van der Waals surface area contributed by atoms with Crippen molar-refractivity contribution in [2.24, 2.45) is 0 Å². The van der Waals surface area contributed by atoms with E-state index in [9.17, 15) is 18.0 Å². The summed E-state index contributed by atoms with van der Waals surface area (Å²) >= 11 is 0. The number of amides is 1. The topological polar surface area (TPSA) is 40.5 Å². The molecule has 1 heterocycles. The second-order valence-corrected chi connectivity index (χ2v) is 3.93. The molecule has 18 heavy (non-hydrogen) atoms. The Morgan fingerprint density at radius 2 is 1.89 bits per heavy atom. The van der Waals surface area contributed by atoms with Gasteiger partial charge in [0.25, 0.3) is 0 Å². The van der Waals surface area contributed by atoms with Gasteiger partial charge in [0.15, 0.2) is 5.54 Å². The molecule has 1 unspecified atom stereocenters. The predicted molar refractivity (Wildman–Crippen MR) is 58.0 cm³/mol. The molecule has 1 aliphatic heterocycles. The average Bonchev–Trinajstić information content (AvgIpc) is 2.75. The van der Waals surface area contributed by atoms with Crippen LogP contribution in [-0.4, -0.2) is 28.8 Å². The Hall–Kier alpha value is -1.98. The molecule has 96 valence electrons. The number of alkyl halides is 3. The average molecular weight is 257 g/mol. The van der Waals surface area contributed by atoms with Crippen molar-refractivity contribution in [3.8, 4) is 0 Å². The number of carboxylic acid groups (broad SMARTS) is 1. The second-order valence-electron chi connectivity index (χ2n) is 3.93. The van der Waals surface area contributed by atoms with E-state index in [2.05, 4.69) is 0 Å². The lowest BCUT2D eigenvalue weighted by Gasteiger charge is -2.38. The Morgan fingerprint density at radius 3 is 2.39 bits per heavy atom. The summed E-state index contributed by atoms with van der Waals surface area (Å²) in [7, 11) is 0. The Bertz CT molecular complexity index is 484. The molecule has 2 rings (SSSR count). The third-order valence-electron chi connectivity index (χ3n) is 2.95. The molecule has 1 aromatic rings. The van der Waals surface area contributed by atoms with Gasteiger partial charge in [0.05, 0.1) is 0 Å². The summed E-state index contributed by atoms with van der Waals surface area (Å²) in [6, 6.07) is 7.04. The highest BCUT2D eigenvalue weighted by Gasteiger charge is 2.61. The van der Waals surface area contributed by atoms with Crippen LogP contribution >= 0.6 is 0 Å². The van der Waals surface area contributed by atoms with E-state index in [4.69, 9.17) is 5.11 Å². The van der Waals surface area contributed by atoms with Crippen LogP contribution in [0, 0.1) is 0 Å². The maximum Gasteiger partial charge on any atom is 0.419 e. The Balaban J connectivity index is 2.62. The molecule has 0 radical (unpaired) electrons. The van der Waals surface area contributed by atoms with E-state index in [1.807, 2.05) is 0 Å². The molecule has 1 aromatic carbocycles. The highest BCUT2D eigenvalue weighted by molar-refractivity contribution is 5.69. The van der Waals surface area contributed by atoms with Gasteiger partial charge < -0.3 is 5.11 Å². The van der Waals surface area contributed by atoms with Crippen molar-refractivity contribution < 1.29 is 23.1 Å². The van der Waals surface area contributed by atoms with Crippen LogP contribution in [0.5, 0.6) is 0 Å². The third kappa shape index (κ3) is 1.64. The normalized spacial score (nSPS) is 23.4. The molecular weight excluding hydrogens is 247 g/mol. The van der Waals surface area contributed by atoms with E-state index in [0.717, 1.165) is 6.08 Å². The highest BCUT2D eigenvalue weighted by Crippen LogP contribution is 2.47. The minimum atomic E-state index is -4.71. The quantitative estimate of drug-likeness (QED) is 0.786. The number of hydrogen-bond acceptors (Lipinski definition) is 1. The zero-order chi connectivity index (χ0) is 13.4. The highest BCUT2D eigenvalue weighted by atomic mass is 19.4. The van der Waals surface area contributed by atoms with Gasteiger partial charge in [-0.3, -0.25) is 4.90 Å². The monoisotopic (exact) mass is 257 g/mol. The summed E-state index contributed by atoms with van der Waals surface area (Å²) in [6.07, 6.45) is -4.19. The van der Waals surface area contributed by atoms with Crippen LogP contribution in [0.2, 0.25) is 0 Å². The van der Waals surface area contributed by atoms with Crippen LogP contribution in [0.15, 0.2) is 42.5 Å². The van der Waals surface area contributed by atoms with Crippen molar-refractivity contribution in [3.63, 3.8) is 0 Å². The molecule has 0 saturated carbocycles. The van der Waals surface area contributed by atoms with Crippen molar-refractivity contribution in [1.29, 1.82) is 0 Å². The van der Waals surface area contributed by atoms with Crippen LogP contribution in [0.1, 0.15) is 5.56 Å². The molecule has 1 aliphatic rings. The summed E-state index contributed by atoms with van der Waals surface area (Å²) in [4.78, 5) is 11.4. The number of benzene rings is 1. The van der Waals surface area contributed by atoms with Crippen molar-refractivity contribution in [2.45, 2.75) is 11.7 Å². The molecule has 3 nitrogen and oxygen atoms in total. The van der Waals surface area contributed by atoms with Gasteiger partial charge in [-0.15, -0.1) is 0 Å². The predicted octanol–water partition coefficient (Wildman–Crippen LogP) is 2.99. The van der Waals surface area contributed by atoms with Crippen LogP contribution in [0.3, 0.4) is 0 Å². The molecule has 0 aromatic heterocycles. The summed E-state index contributed by atoms with van der Waals surface area (Å²) in [6.45, 7) is -0.274. The van der Waals surface area contributed by atoms with Crippen molar-refractivity contribution in [3.05, 3.63) is 48.0 Å². The number of nitrogens with zero attached hydrogens (tertiary/aromatic N) is 1. The van der Waals surface area contributed by atoms with Gasteiger partial charge in [0.2, 0.25) is 0 Å². The molecule has 0 saturated heterocycles. The summed E-state index contributed by atoms with van der Waals surface area (Å²) in [5, 5.41) is 8.96. The third-order valence-corrected chi connectivity index (χ3v) is 2.95. The molecule has 0 spiro atoms. The molecule has 0 bridgehead atoms. The van der Waals surface area contributed by atoms with Gasteiger partial charge >= 0.3 is 12.3 Å². The fourth-order valence-electron chi connectivity index (χ4n) is 2.15. The van der Waals surface area contributed by atoms with Crippen molar-refractivity contribution in [1.82, 2.24) is 4.90 Å². The van der Waals surface area contributed by atoms with Gasteiger partial charge in [-0.25, -0.2) is 4.79 Å². The smallest absolute Gasteiger partial charge is 0.419 e. The Labute approximate surface area is 101 Å². The standard InChI is InChI=1S/C12H10F3NO2/c13-12(14,15)11(9-5-2-1-3-6-9)7-4-8-16(11)10(17)18/h1-7H,8H2,(H,17,18). The fourth-order valence-corrected chi connectivity index (χ4v) is 2.15. The lowest BCUT2D eigenvalue weighted by atomic mass is 9.89. The first-order chi connectivity index (χ1) is 8.39. The van der Waals surface area contributed by atoms with Gasteiger partial charge in [-0.05, 0) is 11.6 Å². The first-order valence-electron chi connectivity index (χ1n) is 5.20. The molecule has 0 aliphatic carbocycles. The second kappa shape index (κ2) is 4.04. The first kappa shape index (κ1) is 12.5. The van der Waals surface area contributed by atoms with E-state index in [0.29, 0.717) is 4.90 Å². The summed E-state index contributed by atoms with van der Waals surface area (Å²) in [5.41, 5.74) is -2.69. The van der Waals surface area contributed by atoms with Crippen LogP contribution < -0.4 is 0 Å². The van der Waals surface area contributed by atoms with E-state index in [1.54, 1.807) is 6.07 Å². The largest absolute Gasteiger partial charge is 0.465 e. The summed E-state index contributed by atoms with van der Waals surface area (Å²) < 4.78 is 40.1. The Kier molecular flexibility index (Phi) is 2.80. The fraction of sp³-hybridized carbons (Fsp3) is 0.250. The SMILES string of the molecule is O=C(O)N1CC=CC1(c1ccccc1)C(F)(F)F. The van der Waals surface area contributed by atoms with E-state index in [1.165, 1.54) is 30.3 Å². The molecular formula is C12H10F3NO2. The molecule has 6 heteroatoms. The molecule has 1 N–H and O–H groups in total. The zero-order valence-corrected chi connectivity index (χ0v) is 9.19. The van der Waals surface area contributed by atoms with Gasteiger partial charge in [-0.2, -0.15) is 13.2 Å². The lowest BCUT2D eigenvalue weighted by Crippen LogP contribution is -2.54. The van der Waals surface area contributed by atoms with Crippen LogP contribution in [0.25, 0.3) is 0 Å². The van der Waals surface area contributed by atoms with E-state index >= 15 is 0 Å². The number of rotatable bonds is 1. The number of carbonyl (C=O) groups is 1. The lowest BCUT2D eigenvalue weighted by molar-refractivity contribution is -0.208.